The maximum atomic E-state index is 15.4. The number of nitrogens with one attached hydrogen (secondary N) is 3. The summed E-state index contributed by atoms with van der Waals surface area (Å²) < 4.78 is 14.3. The number of benzene rings is 4. The summed E-state index contributed by atoms with van der Waals surface area (Å²) in [7, 11) is 6.81. The number of amides is 5. The van der Waals surface area contributed by atoms with E-state index in [1.165, 1.54) is 29.8 Å². The molecular weight excluding hydrogens is 1050 g/mol. The minimum Gasteiger partial charge on any atom is -0.457 e. The Morgan fingerprint density at radius 1 is 0.762 bits per heavy atom. The topological polar surface area (TPSA) is 171 Å². The number of likely N-dealkylation sites (N-methyl/N-ethyl adjacent to an activating group) is 2. The zero-order valence-corrected chi connectivity index (χ0v) is 49.3. The molecule has 0 radical (unpaired) electrons. The van der Waals surface area contributed by atoms with Gasteiger partial charge in [-0.1, -0.05) is 78.2 Å². The van der Waals surface area contributed by atoms with Crippen molar-refractivity contribution in [2.24, 2.45) is 13.0 Å². The lowest BCUT2D eigenvalue weighted by atomic mass is 9.92. The van der Waals surface area contributed by atoms with Crippen LogP contribution in [0, 0.1) is 5.92 Å². The monoisotopic (exact) mass is 1130 g/mol. The van der Waals surface area contributed by atoms with Crippen LogP contribution in [0.4, 0.5) is 0 Å². The van der Waals surface area contributed by atoms with Crippen LogP contribution in [-0.2, 0) is 61.7 Å². The second-order valence-corrected chi connectivity index (χ2v) is 23.4. The van der Waals surface area contributed by atoms with Crippen LogP contribution in [-0.4, -0.2) is 142 Å². The maximum Gasteiger partial charge on any atom is 0.247 e. The number of likely N-dealkylation sites (tertiary alicyclic amines) is 1. The van der Waals surface area contributed by atoms with Crippen LogP contribution in [0.15, 0.2) is 103 Å². The fourth-order valence-corrected chi connectivity index (χ4v) is 10.8. The number of aromatic nitrogens is 2. The molecule has 7 rings (SSSR count). The number of nitrogens with zero attached hydrogens (tertiary/aromatic N) is 6. The number of unbranched alkanes of at least 4 members (excludes halogenated alkanes) is 1. The molecule has 5 aromatic rings. The predicted octanol–water partition coefficient (Wildman–Crippen LogP) is 8.85. The largest absolute Gasteiger partial charge is 0.457 e. The van der Waals surface area contributed by atoms with Gasteiger partial charge in [0.1, 0.15) is 29.4 Å². The van der Waals surface area contributed by atoms with Gasteiger partial charge in [-0.15, -0.1) is 0 Å². The summed E-state index contributed by atoms with van der Waals surface area (Å²) >= 11 is 12.9. The fourth-order valence-electron chi connectivity index (χ4n) is 10.5. The number of carbonyl (C=O) groups is 5. The Balaban J connectivity index is 1.23. The smallest absolute Gasteiger partial charge is 0.247 e. The molecule has 18 heteroatoms. The highest BCUT2D eigenvalue weighted by molar-refractivity contribution is 6.31. The van der Waals surface area contributed by atoms with E-state index in [1.54, 1.807) is 56.3 Å². The highest BCUT2D eigenvalue weighted by Gasteiger charge is 2.37. The Morgan fingerprint density at radius 2 is 1.44 bits per heavy atom. The third-order valence-corrected chi connectivity index (χ3v) is 15.8. The average molecular weight is 1140 g/mol. The van der Waals surface area contributed by atoms with Crippen molar-refractivity contribution in [1.82, 2.24) is 45.1 Å². The van der Waals surface area contributed by atoms with Gasteiger partial charge in [-0.25, -0.2) is 4.98 Å². The van der Waals surface area contributed by atoms with E-state index in [2.05, 4.69) is 46.2 Å². The van der Waals surface area contributed by atoms with Crippen molar-refractivity contribution in [2.75, 3.05) is 54.0 Å². The van der Waals surface area contributed by atoms with Crippen molar-refractivity contribution in [3.8, 4) is 22.8 Å². The average Bonchev–Trinajstić information content (AvgIpc) is 4.11. The molecule has 430 valence electrons. The summed E-state index contributed by atoms with van der Waals surface area (Å²) in [5, 5.41) is 10.5. The van der Waals surface area contributed by atoms with Crippen molar-refractivity contribution in [3.05, 3.63) is 136 Å². The molecule has 2 saturated heterocycles. The van der Waals surface area contributed by atoms with E-state index in [4.69, 9.17) is 37.7 Å². The van der Waals surface area contributed by atoms with Gasteiger partial charge in [0.05, 0.1) is 37.5 Å². The van der Waals surface area contributed by atoms with Crippen molar-refractivity contribution < 1.29 is 33.4 Å². The maximum absolute atomic E-state index is 15.4. The third-order valence-electron chi connectivity index (χ3n) is 15.4. The van der Waals surface area contributed by atoms with Crippen molar-refractivity contribution in [1.29, 1.82) is 0 Å². The summed E-state index contributed by atoms with van der Waals surface area (Å²) in [6, 6.07) is 26.1. The number of ether oxygens (including phenoxy) is 2. The first-order valence-corrected chi connectivity index (χ1v) is 28.7. The van der Waals surface area contributed by atoms with Gasteiger partial charge in [0, 0.05) is 86.4 Å². The minimum atomic E-state index is -1.20. The molecule has 0 bridgehead atoms. The second-order valence-electron chi connectivity index (χ2n) is 22.5. The van der Waals surface area contributed by atoms with Gasteiger partial charge in [-0.05, 0) is 146 Å². The molecule has 0 aliphatic carbocycles. The number of hydrogen-bond donors (Lipinski definition) is 3. The van der Waals surface area contributed by atoms with Gasteiger partial charge in [0.15, 0.2) is 0 Å². The van der Waals surface area contributed by atoms with E-state index < -0.39 is 47.8 Å². The first-order valence-electron chi connectivity index (χ1n) is 28.0. The van der Waals surface area contributed by atoms with E-state index in [-0.39, 0.29) is 56.3 Å². The standard InChI is InChI=1S/C62H81Cl2N9O7/c1-42-59(76)68-53(41-79-8)61(78)70(6)51(33-44-19-24-48(63)25-20-44)36-57(74)66-37-50(18-12-13-29-67-62(2,3)4)69(5)60(77)47(32-43-16-10-9-11-17-43)34-58(75)73(42)39-46-21-26-49(64)35-55(46)80-52-27-22-45(23-28-52)54-38-65-56(71(54)7)40-72-30-14-15-31-72/h9-11,16-17,19-28,35,38,42,47,50-51,53,67H,12-15,18,29-34,36-37,39-41H2,1-8H3,(H,66,74)(H,68,76)/t42-,47+,50-,51?,53-/m0/s1. The SMILES string of the molecule is COC[C@@H]1NC(=O)[C@H](C)N(Cc2ccc(Cl)cc2Oc2ccc(-c3cnc(CN4CCCC4)n3C)cc2)C(=O)C[C@@H](Cc2ccccc2)C(=O)N(C)[C@@H](CCCCNC(C)(C)C)CNC(=O)CC(Cc2ccc(Cl)cc2)N(C)C1=O. The Bertz CT molecular complexity index is 2850. The second kappa shape index (κ2) is 28.9. The van der Waals surface area contributed by atoms with Gasteiger partial charge in [0.2, 0.25) is 29.5 Å². The van der Waals surface area contributed by atoms with Crippen LogP contribution in [0.25, 0.3) is 11.3 Å². The van der Waals surface area contributed by atoms with Crippen molar-refractivity contribution in [2.45, 2.75) is 128 Å². The fraction of sp³-hybridized carbons (Fsp3) is 0.484. The third kappa shape index (κ3) is 17.4. The molecule has 1 unspecified atom stereocenters. The quantitative estimate of drug-likeness (QED) is 0.0721. The zero-order chi connectivity index (χ0) is 57.5. The molecule has 3 N–H and O–H groups in total. The number of rotatable bonds is 18. The molecule has 2 aliphatic rings. The molecule has 16 nitrogen and oxygen atoms in total. The summed E-state index contributed by atoms with van der Waals surface area (Å²) in [5.41, 5.74) is 4.10. The van der Waals surface area contributed by atoms with E-state index >= 15 is 9.59 Å². The van der Waals surface area contributed by atoms with Gasteiger partial charge < -0.3 is 44.7 Å². The Labute approximate surface area is 482 Å². The Hall–Kier alpha value is -6.30. The molecule has 1 aromatic heterocycles. The van der Waals surface area contributed by atoms with Crippen LogP contribution in [0.1, 0.15) is 95.2 Å². The Kier molecular flexibility index (Phi) is 22.2. The molecule has 0 saturated carbocycles. The summed E-state index contributed by atoms with van der Waals surface area (Å²) in [6.45, 7) is 11.5. The predicted molar refractivity (Wildman–Crippen MR) is 314 cm³/mol. The minimum absolute atomic E-state index is 0.0718. The molecule has 3 heterocycles. The summed E-state index contributed by atoms with van der Waals surface area (Å²) in [6.07, 6.45) is 6.63. The summed E-state index contributed by atoms with van der Waals surface area (Å²) in [5.74, 6) is -1.18. The molecule has 5 amide bonds. The lowest BCUT2D eigenvalue weighted by molar-refractivity contribution is -0.147. The highest BCUT2D eigenvalue weighted by Crippen LogP contribution is 2.33. The number of methoxy groups -OCH3 is 1. The number of hydrogen-bond acceptors (Lipinski definition) is 10. The highest BCUT2D eigenvalue weighted by atomic mass is 35.5. The van der Waals surface area contributed by atoms with E-state index in [0.29, 0.717) is 39.9 Å². The van der Waals surface area contributed by atoms with Crippen LogP contribution >= 0.6 is 23.2 Å². The number of carbonyl (C=O) groups excluding carboxylic acids is 5. The lowest BCUT2D eigenvalue weighted by Gasteiger charge is -2.35. The van der Waals surface area contributed by atoms with Crippen LogP contribution < -0.4 is 20.7 Å². The van der Waals surface area contributed by atoms with E-state index in [1.807, 2.05) is 80.0 Å². The molecule has 2 fully saturated rings. The first-order chi connectivity index (χ1) is 38.3. The lowest BCUT2D eigenvalue weighted by Crippen LogP contribution is -2.57. The zero-order valence-electron chi connectivity index (χ0n) is 47.8. The van der Waals surface area contributed by atoms with Crippen molar-refractivity contribution >= 4 is 52.7 Å². The van der Waals surface area contributed by atoms with Gasteiger partial charge in [0.25, 0.3) is 0 Å². The van der Waals surface area contributed by atoms with Gasteiger partial charge in [-0.2, -0.15) is 0 Å². The summed E-state index contributed by atoms with van der Waals surface area (Å²) in [4.78, 5) is 86.1. The van der Waals surface area contributed by atoms with E-state index in [9.17, 15) is 14.4 Å². The Morgan fingerprint density at radius 3 is 2.12 bits per heavy atom. The molecule has 5 atom stereocenters. The molecule has 0 spiro atoms. The molecule has 80 heavy (non-hydrogen) atoms. The molecular formula is C62H81Cl2N9O7. The van der Waals surface area contributed by atoms with Crippen LogP contribution in [0.5, 0.6) is 11.5 Å². The normalized spacial score (nSPS) is 20.6. The van der Waals surface area contributed by atoms with Crippen LogP contribution in [0.3, 0.4) is 0 Å². The molecule has 2 aliphatic heterocycles. The van der Waals surface area contributed by atoms with Gasteiger partial charge in [-0.3, -0.25) is 28.9 Å². The molecule has 4 aromatic carbocycles. The van der Waals surface area contributed by atoms with E-state index in [0.717, 1.165) is 67.2 Å². The number of halogens is 2. The first kappa shape index (κ1) is 61.3. The number of imidazole rings is 1. The van der Waals surface area contributed by atoms with Crippen LogP contribution in [0.2, 0.25) is 10.0 Å². The van der Waals surface area contributed by atoms with Crippen molar-refractivity contribution in [3.63, 3.8) is 0 Å². The van der Waals surface area contributed by atoms with Gasteiger partial charge >= 0.3 is 0 Å².